The van der Waals surface area contributed by atoms with Crippen molar-refractivity contribution in [1.82, 2.24) is 20.0 Å². The standard InChI is InChI=1S/C15H30N4O/c1-5-13-12-18(11-10-17(13)4)14(20)15(2,3)19-8-6-16-7-9-19/h13,16H,5-12H2,1-4H3. The molecule has 1 atom stereocenters. The SMILES string of the molecule is CCC1CN(C(=O)C(C)(C)N2CCNCC2)CCN1C. The van der Waals surface area contributed by atoms with Crippen molar-refractivity contribution in [3.05, 3.63) is 0 Å². The largest absolute Gasteiger partial charge is 0.338 e. The lowest BCUT2D eigenvalue weighted by atomic mass is 9.98. The molecule has 2 heterocycles. The van der Waals surface area contributed by atoms with E-state index in [1.807, 2.05) is 0 Å². The average molecular weight is 282 g/mol. The number of nitrogens with zero attached hydrogens (tertiary/aromatic N) is 3. The lowest BCUT2D eigenvalue weighted by Gasteiger charge is -2.46. The van der Waals surface area contributed by atoms with Crippen molar-refractivity contribution in [3.8, 4) is 0 Å². The Hall–Kier alpha value is -0.650. The minimum Gasteiger partial charge on any atom is -0.338 e. The summed E-state index contributed by atoms with van der Waals surface area (Å²) in [7, 11) is 2.16. The number of piperazine rings is 2. The summed E-state index contributed by atoms with van der Waals surface area (Å²) in [4.78, 5) is 19.7. The Bertz CT molecular complexity index is 339. The van der Waals surface area contributed by atoms with Crippen molar-refractivity contribution in [3.63, 3.8) is 0 Å². The van der Waals surface area contributed by atoms with E-state index >= 15 is 0 Å². The highest BCUT2D eigenvalue weighted by molar-refractivity contribution is 5.85. The van der Waals surface area contributed by atoms with Gasteiger partial charge < -0.3 is 10.2 Å². The highest BCUT2D eigenvalue weighted by Crippen LogP contribution is 2.21. The molecule has 0 radical (unpaired) electrons. The third-order valence-electron chi connectivity index (χ3n) is 4.97. The maximum atomic E-state index is 12.9. The lowest BCUT2D eigenvalue weighted by molar-refractivity contribution is -0.146. The van der Waals surface area contributed by atoms with Crippen LogP contribution in [0, 0.1) is 0 Å². The van der Waals surface area contributed by atoms with Crippen molar-refractivity contribution in [2.45, 2.75) is 38.8 Å². The Kier molecular flexibility index (Phi) is 5.04. The average Bonchev–Trinajstić information content (AvgIpc) is 2.48. The molecule has 0 saturated carbocycles. The van der Waals surface area contributed by atoms with Gasteiger partial charge in [0.1, 0.15) is 0 Å². The monoisotopic (exact) mass is 282 g/mol. The first-order valence-corrected chi connectivity index (χ1v) is 7.92. The normalized spacial score (nSPS) is 26.8. The molecule has 5 nitrogen and oxygen atoms in total. The van der Waals surface area contributed by atoms with Gasteiger partial charge >= 0.3 is 0 Å². The molecular weight excluding hydrogens is 252 g/mol. The first kappa shape index (κ1) is 15.7. The van der Waals surface area contributed by atoms with E-state index in [4.69, 9.17) is 0 Å². The van der Waals surface area contributed by atoms with E-state index in [1.165, 1.54) is 0 Å². The van der Waals surface area contributed by atoms with Crippen LogP contribution in [0.2, 0.25) is 0 Å². The first-order chi connectivity index (χ1) is 9.46. The van der Waals surface area contributed by atoms with Crippen LogP contribution in [-0.4, -0.2) is 85.0 Å². The van der Waals surface area contributed by atoms with E-state index in [0.717, 1.165) is 52.2 Å². The molecule has 1 unspecified atom stereocenters. The predicted octanol–water partition coefficient (Wildman–Crippen LogP) is 0.223. The van der Waals surface area contributed by atoms with Crippen LogP contribution >= 0.6 is 0 Å². The number of carbonyl (C=O) groups is 1. The summed E-state index contributed by atoms with van der Waals surface area (Å²) < 4.78 is 0. The fourth-order valence-electron chi connectivity index (χ4n) is 3.32. The molecule has 1 N–H and O–H groups in total. The molecule has 2 fully saturated rings. The summed E-state index contributed by atoms with van der Waals surface area (Å²) >= 11 is 0. The van der Waals surface area contributed by atoms with Gasteiger partial charge in [-0.25, -0.2) is 0 Å². The van der Waals surface area contributed by atoms with E-state index in [1.54, 1.807) is 0 Å². The minimum atomic E-state index is -0.379. The maximum absolute atomic E-state index is 12.9. The van der Waals surface area contributed by atoms with Crippen LogP contribution in [0.1, 0.15) is 27.2 Å². The second-order valence-corrected chi connectivity index (χ2v) is 6.59. The number of hydrogen-bond acceptors (Lipinski definition) is 4. The van der Waals surface area contributed by atoms with Crippen molar-refractivity contribution >= 4 is 5.91 Å². The number of carbonyl (C=O) groups excluding carboxylic acids is 1. The fourth-order valence-corrected chi connectivity index (χ4v) is 3.32. The number of hydrogen-bond donors (Lipinski definition) is 1. The third kappa shape index (κ3) is 3.15. The molecule has 0 aromatic rings. The van der Waals surface area contributed by atoms with Crippen LogP contribution in [0.3, 0.4) is 0 Å². The molecule has 1 amide bonds. The van der Waals surface area contributed by atoms with Gasteiger partial charge in [0.25, 0.3) is 0 Å². The van der Waals surface area contributed by atoms with Crippen molar-refractivity contribution in [1.29, 1.82) is 0 Å². The summed E-state index contributed by atoms with van der Waals surface area (Å²) in [5.41, 5.74) is -0.379. The van der Waals surface area contributed by atoms with E-state index in [9.17, 15) is 4.79 Å². The van der Waals surface area contributed by atoms with Gasteiger partial charge in [-0.05, 0) is 27.3 Å². The second kappa shape index (κ2) is 6.41. The van der Waals surface area contributed by atoms with Gasteiger partial charge in [0.05, 0.1) is 5.54 Å². The number of rotatable bonds is 3. The maximum Gasteiger partial charge on any atom is 0.242 e. The summed E-state index contributed by atoms with van der Waals surface area (Å²) in [6, 6.07) is 0.506. The molecule has 2 aliphatic rings. The molecule has 5 heteroatoms. The Morgan fingerprint density at radius 1 is 1.20 bits per heavy atom. The Morgan fingerprint density at radius 3 is 2.45 bits per heavy atom. The van der Waals surface area contributed by atoms with Crippen LogP contribution in [-0.2, 0) is 4.79 Å². The van der Waals surface area contributed by atoms with Crippen LogP contribution in [0.15, 0.2) is 0 Å². The van der Waals surface area contributed by atoms with Crippen molar-refractivity contribution < 1.29 is 4.79 Å². The quantitative estimate of drug-likeness (QED) is 0.804. The highest BCUT2D eigenvalue weighted by Gasteiger charge is 2.39. The molecule has 20 heavy (non-hydrogen) atoms. The molecule has 0 bridgehead atoms. The number of likely N-dealkylation sites (N-methyl/N-ethyl adjacent to an activating group) is 1. The summed E-state index contributed by atoms with van der Waals surface area (Å²) in [6.45, 7) is 13.0. The predicted molar refractivity (Wildman–Crippen MR) is 81.8 cm³/mol. The molecular formula is C15H30N4O. The topological polar surface area (TPSA) is 38.8 Å². The zero-order chi connectivity index (χ0) is 14.8. The van der Waals surface area contributed by atoms with Gasteiger partial charge in [-0.1, -0.05) is 6.92 Å². The smallest absolute Gasteiger partial charge is 0.242 e. The fraction of sp³-hybridized carbons (Fsp3) is 0.933. The summed E-state index contributed by atoms with van der Waals surface area (Å²) in [5.74, 6) is 0.297. The number of amides is 1. The summed E-state index contributed by atoms with van der Waals surface area (Å²) in [6.07, 6.45) is 1.11. The lowest BCUT2D eigenvalue weighted by Crippen LogP contribution is -2.63. The van der Waals surface area contributed by atoms with Gasteiger partial charge in [-0.3, -0.25) is 14.6 Å². The van der Waals surface area contributed by atoms with Crippen LogP contribution in [0.4, 0.5) is 0 Å². The van der Waals surface area contributed by atoms with E-state index < -0.39 is 0 Å². The summed E-state index contributed by atoms with van der Waals surface area (Å²) in [5, 5.41) is 3.35. The van der Waals surface area contributed by atoms with E-state index in [0.29, 0.717) is 11.9 Å². The van der Waals surface area contributed by atoms with Gasteiger partial charge in [0, 0.05) is 51.9 Å². The molecule has 2 aliphatic heterocycles. The van der Waals surface area contributed by atoms with Gasteiger partial charge in [-0.15, -0.1) is 0 Å². The van der Waals surface area contributed by atoms with Gasteiger partial charge in [0.2, 0.25) is 5.91 Å². The molecule has 2 rings (SSSR count). The van der Waals surface area contributed by atoms with E-state index in [2.05, 4.69) is 47.8 Å². The van der Waals surface area contributed by atoms with Crippen LogP contribution in [0.5, 0.6) is 0 Å². The zero-order valence-electron chi connectivity index (χ0n) is 13.5. The Labute approximate surface area is 123 Å². The molecule has 0 aliphatic carbocycles. The second-order valence-electron chi connectivity index (χ2n) is 6.59. The minimum absolute atomic E-state index is 0.297. The van der Waals surface area contributed by atoms with Crippen molar-refractivity contribution in [2.75, 3.05) is 52.9 Å². The molecule has 0 aromatic heterocycles. The van der Waals surface area contributed by atoms with Gasteiger partial charge in [0.15, 0.2) is 0 Å². The number of nitrogens with one attached hydrogen (secondary N) is 1. The molecule has 116 valence electrons. The first-order valence-electron chi connectivity index (χ1n) is 7.92. The Balaban J connectivity index is 2.01. The van der Waals surface area contributed by atoms with E-state index in [-0.39, 0.29) is 5.54 Å². The third-order valence-corrected chi connectivity index (χ3v) is 4.97. The molecule has 2 saturated heterocycles. The van der Waals surface area contributed by atoms with Crippen molar-refractivity contribution in [2.24, 2.45) is 0 Å². The zero-order valence-corrected chi connectivity index (χ0v) is 13.5. The molecule has 0 aromatic carbocycles. The van der Waals surface area contributed by atoms with Crippen LogP contribution in [0.25, 0.3) is 0 Å². The Morgan fingerprint density at radius 2 is 1.85 bits per heavy atom. The molecule has 0 spiro atoms. The van der Waals surface area contributed by atoms with Crippen LogP contribution < -0.4 is 5.32 Å². The van der Waals surface area contributed by atoms with Gasteiger partial charge in [-0.2, -0.15) is 0 Å². The highest BCUT2D eigenvalue weighted by atomic mass is 16.2.